The molecule has 4 nitrogen and oxygen atoms in total. The van der Waals surface area contributed by atoms with Gasteiger partial charge in [-0.3, -0.25) is 4.79 Å². The molecule has 0 spiro atoms. The lowest BCUT2D eigenvalue weighted by Gasteiger charge is -2.37. The first kappa shape index (κ1) is 15.0. The second kappa shape index (κ2) is 6.83. The van der Waals surface area contributed by atoms with E-state index in [0.717, 1.165) is 29.7 Å². The Morgan fingerprint density at radius 1 is 1.58 bits per heavy atom. The van der Waals surface area contributed by atoms with Crippen molar-refractivity contribution in [2.75, 3.05) is 33.3 Å². The molecule has 1 aliphatic rings. The van der Waals surface area contributed by atoms with Crippen LogP contribution in [0.5, 0.6) is 0 Å². The zero-order valence-electron chi connectivity index (χ0n) is 11.0. The molecule has 0 saturated carbocycles. The molecule has 0 atom stereocenters. The van der Waals surface area contributed by atoms with Crippen LogP contribution in [0.4, 0.5) is 0 Å². The fraction of sp³-hybridized carbons (Fsp3) is 0.615. The molecule has 2 rings (SSSR count). The van der Waals surface area contributed by atoms with Crippen LogP contribution in [0.25, 0.3) is 0 Å². The molecule has 106 valence electrons. The van der Waals surface area contributed by atoms with Crippen LogP contribution >= 0.6 is 27.3 Å². The zero-order valence-corrected chi connectivity index (χ0v) is 13.4. The number of nitrogens with zero attached hydrogens (tertiary/aromatic N) is 2. The lowest BCUT2D eigenvalue weighted by molar-refractivity contribution is 0.0540. The third kappa shape index (κ3) is 3.78. The minimum atomic E-state index is 0.0172. The molecule has 1 aromatic rings. The van der Waals surface area contributed by atoms with Gasteiger partial charge in [0, 0.05) is 18.0 Å². The summed E-state index contributed by atoms with van der Waals surface area (Å²) >= 11 is 4.90. The quantitative estimate of drug-likeness (QED) is 0.907. The highest BCUT2D eigenvalue weighted by Gasteiger charge is 2.27. The Kier molecular flexibility index (Phi) is 5.38. The van der Waals surface area contributed by atoms with Crippen LogP contribution in [0, 0.1) is 0 Å². The average molecular weight is 347 g/mol. The maximum Gasteiger partial charge on any atom is 0.255 e. The molecule has 6 heteroatoms. The van der Waals surface area contributed by atoms with Gasteiger partial charge in [0.1, 0.15) is 0 Å². The number of carbonyl (C=O) groups excluding carboxylic acids is 1. The normalized spacial score (nSPS) is 17.6. The molecule has 1 amide bonds. The van der Waals surface area contributed by atoms with Crippen LogP contribution in [0.15, 0.2) is 15.2 Å². The van der Waals surface area contributed by atoms with Gasteiger partial charge in [0.25, 0.3) is 5.91 Å². The Hall–Kier alpha value is -0.430. The van der Waals surface area contributed by atoms with Crippen molar-refractivity contribution in [3.8, 4) is 0 Å². The van der Waals surface area contributed by atoms with E-state index in [0.29, 0.717) is 12.1 Å². The van der Waals surface area contributed by atoms with Crippen molar-refractivity contribution >= 4 is 33.2 Å². The summed E-state index contributed by atoms with van der Waals surface area (Å²) in [5, 5.41) is 11.1. The van der Waals surface area contributed by atoms with E-state index in [1.165, 1.54) is 11.3 Å². The van der Waals surface area contributed by atoms with Gasteiger partial charge >= 0.3 is 0 Å². The number of likely N-dealkylation sites (tertiary alicyclic amines) is 1. The minimum absolute atomic E-state index is 0.0172. The number of carbonyl (C=O) groups is 1. The van der Waals surface area contributed by atoms with Gasteiger partial charge in [-0.05, 0) is 55.0 Å². The van der Waals surface area contributed by atoms with E-state index in [1.54, 1.807) is 0 Å². The van der Waals surface area contributed by atoms with Crippen molar-refractivity contribution in [1.82, 2.24) is 9.80 Å². The highest BCUT2D eigenvalue weighted by Crippen LogP contribution is 2.24. The molecule has 0 radical (unpaired) electrons. The number of aliphatic hydroxyl groups excluding tert-OH is 1. The summed E-state index contributed by atoms with van der Waals surface area (Å²) in [6.45, 7) is 2.45. The van der Waals surface area contributed by atoms with E-state index in [1.807, 2.05) is 16.3 Å². The van der Waals surface area contributed by atoms with Crippen molar-refractivity contribution in [1.29, 1.82) is 0 Å². The first-order chi connectivity index (χ1) is 9.11. The predicted octanol–water partition coefficient (Wildman–Crippen LogP) is 2.04. The molecule has 0 unspecified atom stereocenters. The number of rotatable bonds is 4. The van der Waals surface area contributed by atoms with Gasteiger partial charge in [0.15, 0.2) is 0 Å². The summed E-state index contributed by atoms with van der Waals surface area (Å²) in [5.74, 6) is 0.0329. The van der Waals surface area contributed by atoms with Gasteiger partial charge in [-0.2, -0.15) is 0 Å². The molecule has 1 fully saturated rings. The molecule has 0 aliphatic carbocycles. The Balaban J connectivity index is 2.08. The number of piperidine rings is 1. The van der Waals surface area contributed by atoms with Crippen LogP contribution in [-0.4, -0.2) is 60.1 Å². The van der Waals surface area contributed by atoms with Crippen LogP contribution in [0.2, 0.25) is 0 Å². The number of amides is 1. The van der Waals surface area contributed by atoms with Gasteiger partial charge in [-0.1, -0.05) is 0 Å². The first-order valence-electron chi connectivity index (χ1n) is 6.46. The number of thiophene rings is 1. The van der Waals surface area contributed by atoms with Gasteiger partial charge in [-0.25, -0.2) is 0 Å². The Labute approximate surface area is 126 Å². The van der Waals surface area contributed by atoms with Crippen molar-refractivity contribution in [3.05, 3.63) is 20.8 Å². The molecule has 19 heavy (non-hydrogen) atoms. The van der Waals surface area contributed by atoms with Crippen LogP contribution in [0.1, 0.15) is 23.2 Å². The van der Waals surface area contributed by atoms with Gasteiger partial charge in [0.2, 0.25) is 0 Å². The average Bonchev–Trinajstić information content (AvgIpc) is 2.83. The van der Waals surface area contributed by atoms with Gasteiger partial charge in [-0.15, -0.1) is 11.3 Å². The Morgan fingerprint density at radius 3 is 2.79 bits per heavy atom. The molecule has 2 heterocycles. The van der Waals surface area contributed by atoms with E-state index in [4.69, 9.17) is 0 Å². The monoisotopic (exact) mass is 346 g/mol. The summed E-state index contributed by atoms with van der Waals surface area (Å²) < 4.78 is 0.961. The Morgan fingerprint density at radius 2 is 2.26 bits per heavy atom. The molecule has 1 N–H and O–H groups in total. The summed E-state index contributed by atoms with van der Waals surface area (Å²) in [4.78, 5) is 16.6. The second-order valence-corrected chi connectivity index (χ2v) is 7.19. The van der Waals surface area contributed by atoms with Crippen LogP contribution in [0.3, 0.4) is 0 Å². The molecular weight excluding hydrogens is 328 g/mol. The summed E-state index contributed by atoms with van der Waals surface area (Å²) in [7, 11) is 2.10. The third-order valence-corrected chi connectivity index (χ3v) is 5.05. The van der Waals surface area contributed by atoms with E-state index in [-0.39, 0.29) is 18.6 Å². The van der Waals surface area contributed by atoms with E-state index in [9.17, 15) is 9.90 Å². The number of aliphatic hydroxyl groups is 1. The standard InChI is InChI=1S/C13H19BrN2O2S/c1-15-4-2-11(3-5-15)16(6-7-17)13(18)10-8-12(14)19-9-10/h8-9,11,17H,2-7H2,1H3. The number of hydrogen-bond donors (Lipinski definition) is 1. The zero-order chi connectivity index (χ0) is 13.8. The smallest absolute Gasteiger partial charge is 0.255 e. The maximum absolute atomic E-state index is 12.5. The van der Waals surface area contributed by atoms with E-state index < -0.39 is 0 Å². The van der Waals surface area contributed by atoms with Gasteiger partial charge in [0.05, 0.1) is 16.0 Å². The lowest BCUT2D eigenvalue weighted by atomic mass is 10.0. The highest BCUT2D eigenvalue weighted by molar-refractivity contribution is 9.11. The summed E-state index contributed by atoms with van der Waals surface area (Å²) in [5.41, 5.74) is 0.712. The largest absolute Gasteiger partial charge is 0.395 e. The van der Waals surface area contributed by atoms with E-state index >= 15 is 0 Å². The van der Waals surface area contributed by atoms with Crippen molar-refractivity contribution in [2.24, 2.45) is 0 Å². The highest BCUT2D eigenvalue weighted by atomic mass is 79.9. The molecule has 1 aliphatic heterocycles. The molecular formula is C13H19BrN2O2S. The van der Waals surface area contributed by atoms with Gasteiger partial charge < -0.3 is 14.9 Å². The maximum atomic E-state index is 12.5. The second-order valence-electron chi connectivity index (χ2n) is 4.90. The topological polar surface area (TPSA) is 43.8 Å². The minimum Gasteiger partial charge on any atom is -0.395 e. The SMILES string of the molecule is CN1CCC(N(CCO)C(=O)c2csc(Br)c2)CC1. The number of halogens is 1. The van der Waals surface area contributed by atoms with Crippen molar-refractivity contribution < 1.29 is 9.90 Å². The Bertz CT molecular complexity index is 430. The molecule has 0 bridgehead atoms. The molecule has 1 aromatic heterocycles. The summed E-state index contributed by atoms with van der Waals surface area (Å²) in [6.07, 6.45) is 1.96. The molecule has 0 aromatic carbocycles. The van der Waals surface area contributed by atoms with Crippen molar-refractivity contribution in [2.45, 2.75) is 18.9 Å². The fourth-order valence-electron chi connectivity index (χ4n) is 2.45. The first-order valence-corrected chi connectivity index (χ1v) is 8.13. The number of hydrogen-bond acceptors (Lipinski definition) is 4. The van der Waals surface area contributed by atoms with Crippen LogP contribution < -0.4 is 0 Å². The predicted molar refractivity (Wildman–Crippen MR) is 80.7 cm³/mol. The molecule has 1 saturated heterocycles. The van der Waals surface area contributed by atoms with Crippen LogP contribution in [-0.2, 0) is 0 Å². The fourth-order valence-corrected chi connectivity index (χ4v) is 3.58. The van der Waals surface area contributed by atoms with E-state index in [2.05, 4.69) is 27.9 Å². The third-order valence-electron chi connectivity index (χ3n) is 3.55. The lowest BCUT2D eigenvalue weighted by Crippen LogP contribution is -2.47. The summed E-state index contributed by atoms with van der Waals surface area (Å²) in [6, 6.07) is 2.10. The van der Waals surface area contributed by atoms with Crippen molar-refractivity contribution in [3.63, 3.8) is 0 Å².